The minimum atomic E-state index is -1.62. The summed E-state index contributed by atoms with van der Waals surface area (Å²) in [6, 6.07) is 2.96. The highest BCUT2D eigenvalue weighted by Gasteiger charge is 2.48. The molecule has 0 saturated heterocycles. The third-order valence-electron chi connectivity index (χ3n) is 2.67. The highest BCUT2D eigenvalue weighted by atomic mass is 16.6. The Kier molecular flexibility index (Phi) is 3.20. The first-order valence-electron chi connectivity index (χ1n) is 5.65. The van der Waals surface area contributed by atoms with Crippen LogP contribution in [0, 0.1) is 0 Å². The summed E-state index contributed by atoms with van der Waals surface area (Å²) in [7, 11) is 0. The summed E-state index contributed by atoms with van der Waals surface area (Å²) < 4.78 is 9.82. The average molecular weight is 264 g/mol. The number of aromatic nitrogens is 1. The van der Waals surface area contributed by atoms with Gasteiger partial charge in [-0.3, -0.25) is 4.79 Å². The fraction of sp³-hybridized carbons (Fsp3) is 0.333. The fourth-order valence-corrected chi connectivity index (χ4v) is 1.61. The molecule has 0 spiro atoms. The number of carbonyl (C=O) groups is 3. The van der Waals surface area contributed by atoms with Crippen molar-refractivity contribution in [3.8, 4) is 5.88 Å². The Balaban J connectivity index is 2.36. The van der Waals surface area contributed by atoms with Gasteiger partial charge in [-0.2, -0.15) is 0 Å². The first-order chi connectivity index (χ1) is 9.01. The Hall–Kier alpha value is -2.44. The molecule has 1 N–H and O–H groups in total. The Labute approximate surface area is 108 Å². The largest absolute Gasteiger partial charge is 0.464 e. The van der Waals surface area contributed by atoms with Crippen molar-refractivity contribution in [2.75, 3.05) is 11.9 Å². The van der Waals surface area contributed by atoms with Gasteiger partial charge in [0.2, 0.25) is 11.4 Å². The van der Waals surface area contributed by atoms with Crippen LogP contribution < -0.4 is 10.1 Å². The van der Waals surface area contributed by atoms with Crippen molar-refractivity contribution < 1.29 is 23.9 Å². The Bertz CT molecular complexity index is 557. The number of carbonyl (C=O) groups excluding carboxylic acids is 3. The number of hydrogen-bond donors (Lipinski definition) is 1. The molecule has 7 heteroatoms. The SMILES string of the molecule is CCOC(=O)C1(C)Nc2ccc(C=O)nc2OC1=O. The standard InChI is InChI=1S/C12H12N2O5/c1-3-18-10(16)12(2)11(17)19-9-8(14-12)5-4-7(6-15)13-9/h4-6,14H,3H2,1-2H3. The van der Waals surface area contributed by atoms with Gasteiger partial charge < -0.3 is 14.8 Å². The molecule has 0 saturated carbocycles. The van der Waals surface area contributed by atoms with E-state index in [1.165, 1.54) is 19.1 Å². The molecule has 1 aromatic rings. The molecule has 0 aliphatic carbocycles. The van der Waals surface area contributed by atoms with E-state index in [0.717, 1.165) is 0 Å². The summed E-state index contributed by atoms with van der Waals surface area (Å²) in [5.74, 6) is -1.59. The summed E-state index contributed by atoms with van der Waals surface area (Å²) >= 11 is 0. The van der Waals surface area contributed by atoms with Gasteiger partial charge >= 0.3 is 11.9 Å². The molecule has 1 aliphatic heterocycles. The summed E-state index contributed by atoms with van der Waals surface area (Å²) in [5.41, 5.74) is -1.14. The first kappa shape index (κ1) is 13.0. The highest BCUT2D eigenvalue weighted by molar-refractivity contribution is 6.09. The van der Waals surface area contributed by atoms with Crippen molar-refractivity contribution in [3.63, 3.8) is 0 Å². The molecular weight excluding hydrogens is 252 g/mol. The minimum Gasteiger partial charge on any atom is -0.464 e. The molecular formula is C12H12N2O5. The van der Waals surface area contributed by atoms with Crippen LogP contribution in [0.1, 0.15) is 24.3 Å². The third kappa shape index (κ3) is 2.14. The van der Waals surface area contributed by atoms with Gasteiger partial charge in [0.1, 0.15) is 5.69 Å². The maximum Gasteiger partial charge on any atom is 0.350 e. The van der Waals surface area contributed by atoms with E-state index < -0.39 is 17.5 Å². The number of nitrogens with one attached hydrogen (secondary N) is 1. The van der Waals surface area contributed by atoms with Crippen LogP contribution in [0.15, 0.2) is 12.1 Å². The van der Waals surface area contributed by atoms with E-state index in [9.17, 15) is 14.4 Å². The smallest absolute Gasteiger partial charge is 0.350 e. The van der Waals surface area contributed by atoms with Crippen LogP contribution in [0.4, 0.5) is 5.69 Å². The third-order valence-corrected chi connectivity index (χ3v) is 2.67. The van der Waals surface area contributed by atoms with Crippen molar-refractivity contribution in [1.82, 2.24) is 4.98 Å². The number of esters is 2. The number of ether oxygens (including phenoxy) is 2. The van der Waals surface area contributed by atoms with E-state index in [4.69, 9.17) is 9.47 Å². The van der Waals surface area contributed by atoms with Gasteiger partial charge in [0, 0.05) is 0 Å². The number of pyridine rings is 1. The van der Waals surface area contributed by atoms with Crippen molar-refractivity contribution in [2.24, 2.45) is 0 Å². The highest BCUT2D eigenvalue weighted by Crippen LogP contribution is 2.32. The van der Waals surface area contributed by atoms with Crippen LogP contribution >= 0.6 is 0 Å². The van der Waals surface area contributed by atoms with E-state index in [1.807, 2.05) is 0 Å². The van der Waals surface area contributed by atoms with Crippen LogP contribution in [-0.2, 0) is 14.3 Å². The van der Waals surface area contributed by atoms with Crippen LogP contribution in [0.25, 0.3) is 0 Å². The van der Waals surface area contributed by atoms with Crippen LogP contribution in [-0.4, -0.2) is 35.4 Å². The van der Waals surface area contributed by atoms with Crippen LogP contribution in [0.5, 0.6) is 5.88 Å². The van der Waals surface area contributed by atoms with Crippen LogP contribution in [0.3, 0.4) is 0 Å². The van der Waals surface area contributed by atoms with Gasteiger partial charge in [-0.25, -0.2) is 14.6 Å². The molecule has 0 radical (unpaired) electrons. The monoisotopic (exact) mass is 264 g/mol. The number of hydrogen-bond acceptors (Lipinski definition) is 7. The Morgan fingerprint density at radius 2 is 2.32 bits per heavy atom. The lowest BCUT2D eigenvalue weighted by Gasteiger charge is -2.31. The lowest BCUT2D eigenvalue weighted by atomic mass is 10.0. The summed E-state index contributed by atoms with van der Waals surface area (Å²) in [6.07, 6.45) is 0.535. The summed E-state index contributed by atoms with van der Waals surface area (Å²) in [4.78, 5) is 38.1. The van der Waals surface area contributed by atoms with E-state index >= 15 is 0 Å². The number of anilines is 1. The Morgan fingerprint density at radius 1 is 1.58 bits per heavy atom. The zero-order chi connectivity index (χ0) is 14.0. The van der Waals surface area contributed by atoms with Gasteiger partial charge in [-0.05, 0) is 26.0 Å². The van der Waals surface area contributed by atoms with E-state index in [2.05, 4.69) is 10.3 Å². The topological polar surface area (TPSA) is 94.6 Å². The van der Waals surface area contributed by atoms with Gasteiger partial charge in [0.05, 0.1) is 12.3 Å². The molecule has 0 bridgehead atoms. The predicted molar refractivity (Wildman–Crippen MR) is 63.9 cm³/mol. The first-order valence-corrected chi connectivity index (χ1v) is 5.65. The van der Waals surface area contributed by atoms with E-state index in [-0.39, 0.29) is 18.2 Å². The molecule has 7 nitrogen and oxygen atoms in total. The summed E-state index contributed by atoms with van der Waals surface area (Å²) in [6.45, 7) is 3.16. The molecule has 0 fully saturated rings. The molecule has 0 amide bonds. The van der Waals surface area contributed by atoms with E-state index in [0.29, 0.717) is 12.0 Å². The number of aldehydes is 1. The average Bonchev–Trinajstić information content (AvgIpc) is 2.40. The van der Waals surface area contributed by atoms with Crippen molar-refractivity contribution in [2.45, 2.75) is 19.4 Å². The second kappa shape index (κ2) is 4.68. The maximum atomic E-state index is 11.9. The number of fused-ring (bicyclic) bond motifs is 1. The quantitative estimate of drug-likeness (QED) is 0.484. The zero-order valence-corrected chi connectivity index (χ0v) is 10.4. The maximum absolute atomic E-state index is 11.9. The van der Waals surface area contributed by atoms with Gasteiger partial charge in [0.15, 0.2) is 6.29 Å². The second-order valence-corrected chi connectivity index (χ2v) is 4.07. The molecule has 19 heavy (non-hydrogen) atoms. The molecule has 0 aromatic carbocycles. The van der Waals surface area contributed by atoms with Gasteiger partial charge in [-0.1, -0.05) is 0 Å². The van der Waals surface area contributed by atoms with Crippen molar-refractivity contribution >= 4 is 23.9 Å². The molecule has 100 valence electrons. The number of rotatable bonds is 3. The molecule has 2 heterocycles. The lowest BCUT2D eigenvalue weighted by molar-refractivity contribution is -0.157. The fourth-order valence-electron chi connectivity index (χ4n) is 1.61. The molecule has 2 rings (SSSR count). The molecule has 1 atom stereocenters. The molecule has 1 aromatic heterocycles. The minimum absolute atomic E-state index is 0.0311. The predicted octanol–water partition coefficient (Wildman–Crippen LogP) is 0.547. The lowest BCUT2D eigenvalue weighted by Crippen LogP contribution is -2.56. The molecule has 1 unspecified atom stereocenters. The van der Waals surface area contributed by atoms with E-state index in [1.54, 1.807) is 6.92 Å². The van der Waals surface area contributed by atoms with Gasteiger partial charge in [0.25, 0.3) is 0 Å². The summed E-state index contributed by atoms with van der Waals surface area (Å²) in [5, 5.41) is 2.73. The van der Waals surface area contributed by atoms with Crippen molar-refractivity contribution in [1.29, 1.82) is 0 Å². The van der Waals surface area contributed by atoms with Crippen LogP contribution in [0.2, 0.25) is 0 Å². The number of nitrogens with zero attached hydrogens (tertiary/aromatic N) is 1. The normalized spacial score (nSPS) is 20.8. The van der Waals surface area contributed by atoms with Crippen molar-refractivity contribution in [3.05, 3.63) is 17.8 Å². The second-order valence-electron chi connectivity index (χ2n) is 4.07. The Morgan fingerprint density at radius 3 is 2.95 bits per heavy atom. The van der Waals surface area contributed by atoms with Gasteiger partial charge in [-0.15, -0.1) is 0 Å². The zero-order valence-electron chi connectivity index (χ0n) is 10.4. The molecule has 1 aliphatic rings.